The summed E-state index contributed by atoms with van der Waals surface area (Å²) in [6.45, 7) is 0.377. The van der Waals surface area contributed by atoms with Crippen LogP contribution in [0.1, 0.15) is 20.7 Å². The van der Waals surface area contributed by atoms with Crippen LogP contribution in [0, 0.1) is 0 Å². The van der Waals surface area contributed by atoms with E-state index in [1.165, 1.54) is 16.7 Å². The molecule has 0 saturated carbocycles. The van der Waals surface area contributed by atoms with Gasteiger partial charge in [0.2, 0.25) is 5.91 Å². The molecule has 0 saturated heterocycles. The van der Waals surface area contributed by atoms with E-state index in [9.17, 15) is 14.4 Å². The van der Waals surface area contributed by atoms with Gasteiger partial charge in [0.1, 0.15) is 0 Å². The van der Waals surface area contributed by atoms with Gasteiger partial charge in [-0.2, -0.15) is 11.8 Å². The second-order valence-corrected chi connectivity index (χ2v) is 6.70. The molecule has 3 amide bonds. The Kier molecular flexibility index (Phi) is 5.35. The van der Waals surface area contributed by atoms with Crippen molar-refractivity contribution in [3.63, 3.8) is 0 Å². The number of nitrogens with one attached hydrogen (secondary N) is 1. The molecule has 2 aromatic rings. The van der Waals surface area contributed by atoms with E-state index in [-0.39, 0.29) is 43.2 Å². The topological polar surface area (TPSA) is 86.7 Å². The third-order valence-corrected chi connectivity index (χ3v) is 4.92. The zero-order chi connectivity index (χ0) is 17.8. The van der Waals surface area contributed by atoms with Crippen molar-refractivity contribution in [2.45, 2.75) is 0 Å². The van der Waals surface area contributed by atoms with Crippen molar-refractivity contribution >= 4 is 40.3 Å². The molecule has 1 aliphatic rings. The molecule has 0 aliphatic carbocycles. The highest BCUT2D eigenvalue weighted by Crippen LogP contribution is 2.29. The lowest BCUT2D eigenvalue weighted by Crippen LogP contribution is -2.41. The number of aliphatic hydroxyl groups is 1. The number of imide groups is 1. The zero-order valence-electron chi connectivity index (χ0n) is 13.5. The normalized spacial score (nSPS) is 13.4. The Labute approximate surface area is 149 Å². The highest BCUT2D eigenvalue weighted by atomic mass is 32.2. The van der Waals surface area contributed by atoms with Crippen molar-refractivity contribution in [3.8, 4) is 0 Å². The van der Waals surface area contributed by atoms with Crippen LogP contribution in [0.3, 0.4) is 0 Å². The molecule has 0 bridgehead atoms. The lowest BCUT2D eigenvalue weighted by Gasteiger charge is -2.27. The van der Waals surface area contributed by atoms with E-state index in [1.54, 1.807) is 12.1 Å². The van der Waals surface area contributed by atoms with E-state index in [4.69, 9.17) is 5.11 Å². The van der Waals surface area contributed by atoms with E-state index in [1.807, 2.05) is 24.3 Å². The maximum absolute atomic E-state index is 12.7. The molecule has 2 N–H and O–H groups in total. The Morgan fingerprint density at radius 1 is 1.08 bits per heavy atom. The monoisotopic (exact) mass is 358 g/mol. The molecule has 2 aromatic carbocycles. The minimum absolute atomic E-state index is 0.0991. The summed E-state index contributed by atoms with van der Waals surface area (Å²) >= 11 is 1.34. The summed E-state index contributed by atoms with van der Waals surface area (Å²) in [6.07, 6.45) is 0. The van der Waals surface area contributed by atoms with Crippen molar-refractivity contribution in [1.29, 1.82) is 0 Å². The summed E-state index contributed by atoms with van der Waals surface area (Å²) in [5.41, 5.74) is 1.08. The molecule has 0 unspecified atom stereocenters. The van der Waals surface area contributed by atoms with Gasteiger partial charge >= 0.3 is 0 Å². The number of nitrogens with zero attached hydrogens (tertiary/aromatic N) is 1. The minimum atomic E-state index is -0.292. The van der Waals surface area contributed by atoms with Crippen molar-refractivity contribution in [2.24, 2.45) is 0 Å². The molecule has 0 spiro atoms. The first-order chi connectivity index (χ1) is 12.1. The number of aliphatic hydroxyl groups excluding tert-OH is 1. The van der Waals surface area contributed by atoms with Crippen LogP contribution in [0.5, 0.6) is 0 Å². The fourth-order valence-electron chi connectivity index (χ4n) is 2.85. The van der Waals surface area contributed by atoms with Gasteiger partial charge in [0, 0.05) is 35.4 Å². The van der Waals surface area contributed by atoms with Crippen LogP contribution in [-0.4, -0.2) is 58.9 Å². The molecule has 0 fully saturated rings. The van der Waals surface area contributed by atoms with Crippen LogP contribution in [0.15, 0.2) is 36.4 Å². The molecule has 1 aliphatic heterocycles. The van der Waals surface area contributed by atoms with Gasteiger partial charge in [-0.15, -0.1) is 0 Å². The van der Waals surface area contributed by atoms with Gasteiger partial charge in [-0.1, -0.05) is 24.3 Å². The summed E-state index contributed by atoms with van der Waals surface area (Å²) < 4.78 is 0. The number of thioether (sulfide) groups is 1. The van der Waals surface area contributed by atoms with Crippen LogP contribution < -0.4 is 5.32 Å². The molecule has 0 radical (unpaired) electrons. The van der Waals surface area contributed by atoms with Gasteiger partial charge in [-0.05, 0) is 17.5 Å². The highest BCUT2D eigenvalue weighted by Gasteiger charge is 2.32. The third-order valence-electron chi connectivity index (χ3n) is 3.98. The number of rotatable bonds is 7. The molecule has 1 heterocycles. The Bertz CT molecular complexity index is 786. The van der Waals surface area contributed by atoms with Gasteiger partial charge in [-0.25, -0.2) is 0 Å². The first kappa shape index (κ1) is 17.4. The standard InChI is InChI=1S/C18H18N2O4S/c21-9-7-19-15(22)11-25-10-8-20-17(23)13-5-1-3-12-4-2-6-14(16(12)13)18(20)24/h1-6,21H,7-11H2,(H,19,22). The Balaban J connectivity index is 1.67. The van der Waals surface area contributed by atoms with Gasteiger partial charge in [0.05, 0.1) is 12.4 Å². The third kappa shape index (κ3) is 3.52. The van der Waals surface area contributed by atoms with Gasteiger partial charge in [0.25, 0.3) is 11.8 Å². The molecule has 0 atom stereocenters. The maximum atomic E-state index is 12.7. The number of hydrogen-bond donors (Lipinski definition) is 2. The number of carbonyl (C=O) groups excluding carboxylic acids is 3. The van der Waals surface area contributed by atoms with Gasteiger partial charge < -0.3 is 10.4 Å². The fraction of sp³-hybridized carbons (Fsp3) is 0.278. The summed E-state index contributed by atoms with van der Waals surface area (Å²) in [4.78, 5) is 38.1. The van der Waals surface area contributed by atoms with Crippen molar-refractivity contribution in [1.82, 2.24) is 10.2 Å². The maximum Gasteiger partial charge on any atom is 0.261 e. The van der Waals surface area contributed by atoms with Crippen molar-refractivity contribution in [3.05, 3.63) is 47.5 Å². The van der Waals surface area contributed by atoms with Gasteiger partial charge in [-0.3, -0.25) is 19.3 Å². The smallest absolute Gasteiger partial charge is 0.261 e. The first-order valence-corrected chi connectivity index (χ1v) is 9.12. The second kappa shape index (κ2) is 7.67. The van der Waals surface area contributed by atoms with Crippen LogP contribution in [-0.2, 0) is 4.79 Å². The first-order valence-electron chi connectivity index (χ1n) is 7.96. The van der Waals surface area contributed by atoms with Crippen LogP contribution in [0.25, 0.3) is 10.8 Å². The van der Waals surface area contributed by atoms with E-state index in [0.717, 1.165) is 5.39 Å². The Morgan fingerprint density at radius 2 is 1.72 bits per heavy atom. The highest BCUT2D eigenvalue weighted by molar-refractivity contribution is 7.99. The molecule has 25 heavy (non-hydrogen) atoms. The summed E-state index contributed by atoms with van der Waals surface area (Å²) in [6, 6.07) is 10.9. The number of amides is 3. The molecular weight excluding hydrogens is 340 g/mol. The molecular formula is C18H18N2O4S. The number of benzene rings is 2. The van der Waals surface area contributed by atoms with E-state index < -0.39 is 0 Å². The molecule has 6 nitrogen and oxygen atoms in total. The predicted molar refractivity (Wildman–Crippen MR) is 96.7 cm³/mol. The predicted octanol–water partition coefficient (Wildman–Crippen LogP) is 1.28. The molecule has 7 heteroatoms. The van der Waals surface area contributed by atoms with E-state index in [0.29, 0.717) is 22.3 Å². The molecule has 130 valence electrons. The molecule has 0 aromatic heterocycles. The van der Waals surface area contributed by atoms with Crippen LogP contribution in [0.2, 0.25) is 0 Å². The van der Waals surface area contributed by atoms with Crippen molar-refractivity contribution < 1.29 is 19.5 Å². The van der Waals surface area contributed by atoms with Crippen LogP contribution >= 0.6 is 11.8 Å². The van der Waals surface area contributed by atoms with E-state index >= 15 is 0 Å². The zero-order valence-corrected chi connectivity index (χ0v) is 14.3. The lowest BCUT2D eigenvalue weighted by molar-refractivity contribution is -0.118. The second-order valence-electron chi connectivity index (χ2n) is 5.60. The summed E-state index contributed by atoms with van der Waals surface area (Å²) in [5, 5.41) is 12.8. The average Bonchev–Trinajstić information content (AvgIpc) is 2.63. The minimum Gasteiger partial charge on any atom is -0.395 e. The summed E-state index contributed by atoms with van der Waals surface area (Å²) in [5.74, 6) is -0.0605. The number of hydrogen-bond acceptors (Lipinski definition) is 5. The van der Waals surface area contributed by atoms with E-state index in [2.05, 4.69) is 5.32 Å². The van der Waals surface area contributed by atoms with Crippen LogP contribution in [0.4, 0.5) is 0 Å². The average molecular weight is 358 g/mol. The fourth-order valence-corrected chi connectivity index (χ4v) is 3.59. The number of carbonyl (C=O) groups is 3. The van der Waals surface area contributed by atoms with Crippen molar-refractivity contribution in [2.75, 3.05) is 31.2 Å². The lowest BCUT2D eigenvalue weighted by atomic mass is 9.94. The Hall–Kier alpha value is -2.38. The molecule has 3 rings (SSSR count). The largest absolute Gasteiger partial charge is 0.395 e. The summed E-state index contributed by atoms with van der Waals surface area (Å²) in [7, 11) is 0. The van der Waals surface area contributed by atoms with Gasteiger partial charge in [0.15, 0.2) is 0 Å². The SMILES string of the molecule is O=C(CSCCN1C(=O)c2cccc3cccc(c23)C1=O)NCCO. The Morgan fingerprint density at radius 3 is 2.32 bits per heavy atom. The quantitative estimate of drug-likeness (QED) is 0.575.